The van der Waals surface area contributed by atoms with Crippen LogP contribution in [0.4, 0.5) is 0 Å². The van der Waals surface area contributed by atoms with Gasteiger partial charge in [0.25, 0.3) is 11.5 Å². The summed E-state index contributed by atoms with van der Waals surface area (Å²) in [7, 11) is 1.67. The average molecular weight is 555 g/mol. The molecule has 4 heterocycles. The molecule has 0 fully saturated rings. The summed E-state index contributed by atoms with van der Waals surface area (Å²) in [5.74, 6) is 5.87. The highest BCUT2D eigenvalue weighted by Gasteiger charge is 2.23. The van der Waals surface area contributed by atoms with Crippen LogP contribution in [-0.4, -0.2) is 29.6 Å². The zero-order chi connectivity index (χ0) is 29.4. The van der Waals surface area contributed by atoms with Crippen LogP contribution in [0.3, 0.4) is 0 Å². The summed E-state index contributed by atoms with van der Waals surface area (Å²) in [4.78, 5) is 43.9. The second-order valence-corrected chi connectivity index (χ2v) is 9.98. The van der Waals surface area contributed by atoms with Crippen LogP contribution in [0.2, 0.25) is 0 Å². The Morgan fingerprint density at radius 3 is 2.57 bits per heavy atom. The van der Waals surface area contributed by atoms with E-state index in [9.17, 15) is 14.4 Å². The van der Waals surface area contributed by atoms with E-state index in [4.69, 9.17) is 0 Å². The Bertz CT molecular complexity index is 2180. The summed E-state index contributed by atoms with van der Waals surface area (Å²) in [6.45, 7) is 3.61. The molecular weight excluding hydrogens is 528 g/mol. The van der Waals surface area contributed by atoms with Crippen molar-refractivity contribution in [2.24, 2.45) is 7.05 Å². The molecule has 0 spiro atoms. The summed E-state index contributed by atoms with van der Waals surface area (Å²) < 4.78 is 4.65. The van der Waals surface area contributed by atoms with Gasteiger partial charge in [-0.25, -0.2) is 9.50 Å². The molecule has 0 unspecified atom stereocenters. The summed E-state index contributed by atoms with van der Waals surface area (Å²) in [5, 5.41) is 8.62. The van der Waals surface area contributed by atoms with E-state index in [-0.39, 0.29) is 17.0 Å². The van der Waals surface area contributed by atoms with Crippen LogP contribution >= 0.6 is 0 Å². The van der Waals surface area contributed by atoms with E-state index in [0.717, 1.165) is 0 Å². The average Bonchev–Trinajstić information content (AvgIpc) is 3.33. The standard InChI is InChI=1S/C33H26N6O3/c1-21(35-32(41)29-22(2)36-38-18-8-17-34-31(29)38)27-19-25-10-7-9-24(15-13-23-14-16-28(40)37(3)20-23)30(25)33(42)39(27)26-11-5-4-6-12-26/h4-12,14,16-21H,1-3H3,(H,35,41)/t21-/m1/s1. The largest absolute Gasteiger partial charge is 0.344 e. The van der Waals surface area contributed by atoms with Gasteiger partial charge in [-0.3, -0.25) is 19.0 Å². The number of hydrogen-bond acceptors (Lipinski definition) is 5. The fourth-order valence-electron chi connectivity index (χ4n) is 5.06. The second kappa shape index (κ2) is 10.7. The SMILES string of the molecule is Cc1nn2cccnc2c1C(=O)N[C@H](C)c1cc2cccc(C#Cc3ccc(=O)n(C)c3)c2c(=O)n1-c1ccccc1. The maximum Gasteiger partial charge on any atom is 0.264 e. The highest BCUT2D eigenvalue weighted by atomic mass is 16.2. The number of carbonyl (C=O) groups is 1. The van der Waals surface area contributed by atoms with Crippen molar-refractivity contribution < 1.29 is 4.79 Å². The molecule has 0 saturated heterocycles. The van der Waals surface area contributed by atoms with Gasteiger partial charge < -0.3 is 9.88 Å². The quantitative estimate of drug-likeness (QED) is 0.333. The van der Waals surface area contributed by atoms with Gasteiger partial charge in [0.1, 0.15) is 5.56 Å². The first-order valence-corrected chi connectivity index (χ1v) is 13.4. The minimum atomic E-state index is -0.548. The molecule has 1 N–H and O–H groups in total. The molecule has 9 heteroatoms. The summed E-state index contributed by atoms with van der Waals surface area (Å²) >= 11 is 0. The molecule has 6 aromatic rings. The van der Waals surface area contributed by atoms with Crippen LogP contribution in [0, 0.1) is 18.8 Å². The lowest BCUT2D eigenvalue weighted by Gasteiger charge is -2.21. The van der Waals surface area contributed by atoms with Crippen molar-refractivity contribution in [3.8, 4) is 17.5 Å². The molecular formula is C33H26N6O3. The van der Waals surface area contributed by atoms with Crippen LogP contribution < -0.4 is 16.4 Å². The number of rotatable bonds is 4. The Kier molecular flexibility index (Phi) is 6.73. The molecule has 1 amide bonds. The van der Waals surface area contributed by atoms with E-state index >= 15 is 0 Å². The number of pyridine rings is 2. The number of aromatic nitrogens is 5. The zero-order valence-corrected chi connectivity index (χ0v) is 23.2. The van der Waals surface area contributed by atoms with Crippen molar-refractivity contribution in [1.82, 2.24) is 29.0 Å². The van der Waals surface area contributed by atoms with Crippen molar-refractivity contribution in [2.45, 2.75) is 19.9 Å². The topological polar surface area (TPSA) is 103 Å². The van der Waals surface area contributed by atoms with Crippen molar-refractivity contribution in [3.63, 3.8) is 0 Å². The van der Waals surface area contributed by atoms with E-state index in [1.165, 1.54) is 10.6 Å². The van der Waals surface area contributed by atoms with Crippen LogP contribution in [0.25, 0.3) is 22.1 Å². The predicted octanol–water partition coefficient (Wildman–Crippen LogP) is 3.93. The van der Waals surface area contributed by atoms with Gasteiger partial charge >= 0.3 is 0 Å². The highest BCUT2D eigenvalue weighted by Crippen LogP contribution is 2.24. The van der Waals surface area contributed by atoms with Crippen molar-refractivity contribution >= 4 is 22.3 Å². The molecule has 0 aliphatic carbocycles. The molecule has 1 atom stereocenters. The van der Waals surface area contributed by atoms with Crippen molar-refractivity contribution in [1.29, 1.82) is 0 Å². The van der Waals surface area contributed by atoms with Crippen LogP contribution in [0.5, 0.6) is 0 Å². The van der Waals surface area contributed by atoms with Gasteiger partial charge in [0.2, 0.25) is 5.56 Å². The van der Waals surface area contributed by atoms with Crippen molar-refractivity contribution in [2.75, 3.05) is 0 Å². The van der Waals surface area contributed by atoms with Crippen LogP contribution in [0.15, 0.2) is 101 Å². The molecule has 0 radical (unpaired) electrons. The zero-order valence-electron chi connectivity index (χ0n) is 23.2. The molecule has 42 heavy (non-hydrogen) atoms. The summed E-state index contributed by atoms with van der Waals surface area (Å²) in [6.07, 6.45) is 5.02. The van der Waals surface area contributed by atoms with Crippen molar-refractivity contribution in [3.05, 3.63) is 140 Å². The number of hydrogen-bond donors (Lipinski definition) is 1. The minimum Gasteiger partial charge on any atom is -0.344 e. The lowest BCUT2D eigenvalue weighted by molar-refractivity contribution is 0.0939. The number of aryl methyl sites for hydroxylation is 2. The van der Waals surface area contributed by atoms with Gasteiger partial charge in [0.15, 0.2) is 5.65 Å². The Balaban J connectivity index is 1.47. The molecule has 4 aromatic heterocycles. The first kappa shape index (κ1) is 26.5. The third-order valence-corrected chi connectivity index (χ3v) is 7.11. The molecule has 9 nitrogen and oxygen atoms in total. The lowest BCUT2D eigenvalue weighted by atomic mass is 10.0. The maximum absolute atomic E-state index is 14.2. The number of amides is 1. The Morgan fingerprint density at radius 1 is 0.976 bits per heavy atom. The molecule has 6 rings (SSSR count). The van der Waals surface area contributed by atoms with E-state index in [2.05, 4.69) is 27.2 Å². The summed E-state index contributed by atoms with van der Waals surface area (Å²) in [5.41, 5.74) is 3.50. The van der Waals surface area contributed by atoms with Gasteiger partial charge in [-0.1, -0.05) is 42.2 Å². The van der Waals surface area contributed by atoms with Gasteiger partial charge in [-0.15, -0.1) is 0 Å². The third kappa shape index (κ3) is 4.75. The number of nitrogens with one attached hydrogen (secondary N) is 1. The molecule has 2 aromatic carbocycles. The number of carbonyl (C=O) groups excluding carboxylic acids is 1. The molecule has 206 valence electrons. The predicted molar refractivity (Wildman–Crippen MR) is 161 cm³/mol. The van der Waals surface area contributed by atoms with Gasteiger partial charge in [-0.05, 0) is 55.6 Å². The number of nitrogens with zero attached hydrogens (tertiary/aromatic N) is 5. The first-order valence-electron chi connectivity index (χ1n) is 13.4. The number of fused-ring (bicyclic) bond motifs is 2. The smallest absolute Gasteiger partial charge is 0.264 e. The Labute approximate surface area is 240 Å². The molecule has 0 saturated carbocycles. The third-order valence-electron chi connectivity index (χ3n) is 7.11. The fraction of sp³-hybridized carbons (Fsp3) is 0.121. The Morgan fingerprint density at radius 2 is 1.79 bits per heavy atom. The summed E-state index contributed by atoms with van der Waals surface area (Å²) in [6, 6.07) is 21.0. The fourth-order valence-corrected chi connectivity index (χ4v) is 5.06. The first-order chi connectivity index (χ1) is 20.3. The Hall–Kier alpha value is -5.75. The van der Waals surface area contributed by atoms with Gasteiger partial charge in [0, 0.05) is 54.2 Å². The van der Waals surface area contributed by atoms with E-state index in [1.807, 2.05) is 55.5 Å². The second-order valence-electron chi connectivity index (χ2n) is 9.98. The molecule has 0 aliphatic rings. The number of para-hydroxylation sites is 1. The minimum absolute atomic E-state index is 0.127. The maximum atomic E-state index is 14.2. The van der Waals surface area contributed by atoms with Crippen LogP contribution in [0.1, 0.15) is 45.8 Å². The van der Waals surface area contributed by atoms with E-state index in [0.29, 0.717) is 50.2 Å². The van der Waals surface area contributed by atoms with Gasteiger partial charge in [0.05, 0.1) is 17.1 Å². The van der Waals surface area contributed by atoms with Gasteiger partial charge in [-0.2, -0.15) is 5.10 Å². The van der Waals surface area contributed by atoms with Crippen LogP contribution in [-0.2, 0) is 7.05 Å². The number of benzene rings is 2. The van der Waals surface area contributed by atoms with E-state index in [1.54, 1.807) is 59.8 Å². The van der Waals surface area contributed by atoms with E-state index < -0.39 is 6.04 Å². The lowest BCUT2D eigenvalue weighted by Crippen LogP contribution is -2.32. The highest BCUT2D eigenvalue weighted by molar-refractivity contribution is 6.01. The monoisotopic (exact) mass is 554 g/mol. The molecule has 0 bridgehead atoms. The normalized spacial score (nSPS) is 11.7. The molecule has 0 aliphatic heterocycles.